The molecule has 0 unspecified atom stereocenters. The maximum atomic E-state index is 13.4. The van der Waals surface area contributed by atoms with Gasteiger partial charge in [0, 0.05) is 0 Å². The van der Waals surface area contributed by atoms with Crippen LogP contribution >= 0.6 is 0 Å². The molecule has 0 bridgehead atoms. The van der Waals surface area contributed by atoms with Gasteiger partial charge >= 0.3 is 5.97 Å². The summed E-state index contributed by atoms with van der Waals surface area (Å²) in [7, 11) is 0. The smallest absolute Gasteiger partial charge is 0.356 e. The van der Waals surface area contributed by atoms with E-state index in [0.29, 0.717) is 0 Å². The molecule has 0 radical (unpaired) electrons. The molecule has 0 amide bonds. The van der Waals surface area contributed by atoms with Crippen LogP contribution in [0.3, 0.4) is 0 Å². The van der Waals surface area contributed by atoms with E-state index in [4.69, 9.17) is 5.11 Å². The molecule has 0 saturated carbocycles. The SMILES string of the molecule is O=C(O)c1cncc(Nc2ccc(F)c(F)c2F)n1. The van der Waals surface area contributed by atoms with E-state index in [1.165, 1.54) is 0 Å². The van der Waals surface area contributed by atoms with E-state index in [1.54, 1.807) is 0 Å². The minimum absolute atomic E-state index is 0.107. The first-order chi connectivity index (χ1) is 8.99. The molecule has 0 aliphatic carbocycles. The first-order valence-corrected chi connectivity index (χ1v) is 4.95. The van der Waals surface area contributed by atoms with Gasteiger partial charge in [-0.15, -0.1) is 0 Å². The van der Waals surface area contributed by atoms with Crippen molar-refractivity contribution in [2.45, 2.75) is 0 Å². The van der Waals surface area contributed by atoms with Crippen molar-refractivity contribution in [3.63, 3.8) is 0 Å². The molecule has 5 nitrogen and oxygen atoms in total. The fourth-order valence-corrected chi connectivity index (χ4v) is 1.29. The van der Waals surface area contributed by atoms with E-state index >= 15 is 0 Å². The number of hydrogen-bond acceptors (Lipinski definition) is 4. The van der Waals surface area contributed by atoms with Crippen LogP contribution in [0.15, 0.2) is 24.5 Å². The van der Waals surface area contributed by atoms with Crippen LogP contribution in [-0.2, 0) is 0 Å². The molecule has 0 aliphatic rings. The lowest BCUT2D eigenvalue weighted by Gasteiger charge is -2.07. The molecule has 98 valence electrons. The van der Waals surface area contributed by atoms with Gasteiger partial charge in [0.25, 0.3) is 0 Å². The Labute approximate surface area is 104 Å². The van der Waals surface area contributed by atoms with Crippen LogP contribution < -0.4 is 5.32 Å². The zero-order chi connectivity index (χ0) is 14.0. The standard InChI is InChI=1S/C11H6F3N3O2/c12-5-1-2-6(10(14)9(5)13)16-8-4-15-3-7(17-8)11(18)19/h1-4H,(H,16,17)(H,18,19). The minimum atomic E-state index is -1.63. The second-order valence-electron chi connectivity index (χ2n) is 3.44. The molecule has 19 heavy (non-hydrogen) atoms. The largest absolute Gasteiger partial charge is 0.476 e. The first kappa shape index (κ1) is 12.8. The van der Waals surface area contributed by atoms with Crippen LogP contribution in [0.4, 0.5) is 24.7 Å². The molecule has 2 aromatic rings. The molecular weight excluding hydrogens is 263 g/mol. The summed E-state index contributed by atoms with van der Waals surface area (Å²) in [5.41, 5.74) is -0.747. The number of aromatic carboxylic acids is 1. The maximum Gasteiger partial charge on any atom is 0.356 e. The molecule has 0 aliphatic heterocycles. The van der Waals surface area contributed by atoms with Crippen molar-refractivity contribution in [2.24, 2.45) is 0 Å². The summed E-state index contributed by atoms with van der Waals surface area (Å²) in [4.78, 5) is 17.8. The molecular formula is C11H6F3N3O2. The summed E-state index contributed by atoms with van der Waals surface area (Å²) >= 11 is 0. The molecule has 0 atom stereocenters. The molecule has 1 aromatic heterocycles. The quantitative estimate of drug-likeness (QED) is 0.836. The Morgan fingerprint density at radius 2 is 1.89 bits per heavy atom. The number of carboxylic acids is 1. The average Bonchev–Trinajstić information content (AvgIpc) is 2.40. The van der Waals surface area contributed by atoms with E-state index in [2.05, 4.69) is 15.3 Å². The third-order valence-corrected chi connectivity index (χ3v) is 2.15. The number of benzene rings is 1. The number of carbonyl (C=O) groups is 1. The summed E-state index contributed by atoms with van der Waals surface area (Å²) in [6.07, 6.45) is 2.11. The van der Waals surface area contributed by atoms with Gasteiger partial charge in [-0.3, -0.25) is 4.98 Å². The molecule has 1 heterocycles. The topological polar surface area (TPSA) is 75.1 Å². The Hall–Kier alpha value is -2.64. The lowest BCUT2D eigenvalue weighted by atomic mass is 10.3. The van der Waals surface area contributed by atoms with Crippen LogP contribution in [0.1, 0.15) is 10.5 Å². The van der Waals surface area contributed by atoms with E-state index in [1.807, 2.05) is 0 Å². The highest BCUT2D eigenvalue weighted by molar-refractivity contribution is 5.85. The molecule has 2 rings (SSSR count). The fourth-order valence-electron chi connectivity index (χ4n) is 1.29. The van der Waals surface area contributed by atoms with Crippen molar-refractivity contribution in [1.29, 1.82) is 0 Å². The summed E-state index contributed by atoms with van der Waals surface area (Å²) in [6.45, 7) is 0. The molecule has 8 heteroatoms. The van der Waals surface area contributed by atoms with Crippen molar-refractivity contribution in [2.75, 3.05) is 5.32 Å². The van der Waals surface area contributed by atoms with Crippen molar-refractivity contribution in [3.05, 3.63) is 47.7 Å². The highest BCUT2D eigenvalue weighted by atomic mass is 19.2. The van der Waals surface area contributed by atoms with Gasteiger partial charge < -0.3 is 10.4 Å². The van der Waals surface area contributed by atoms with Crippen LogP contribution in [0.2, 0.25) is 0 Å². The lowest BCUT2D eigenvalue weighted by Crippen LogP contribution is -2.05. The Morgan fingerprint density at radius 1 is 1.16 bits per heavy atom. The van der Waals surface area contributed by atoms with Crippen molar-refractivity contribution in [3.8, 4) is 0 Å². The molecule has 1 aromatic carbocycles. The number of aromatic nitrogens is 2. The molecule has 0 spiro atoms. The molecule has 0 fully saturated rings. The van der Waals surface area contributed by atoms with Crippen LogP contribution in [0.5, 0.6) is 0 Å². The first-order valence-electron chi connectivity index (χ1n) is 4.95. The fraction of sp³-hybridized carbons (Fsp3) is 0. The van der Waals surface area contributed by atoms with Crippen LogP contribution in [-0.4, -0.2) is 21.0 Å². The van der Waals surface area contributed by atoms with E-state index < -0.39 is 23.4 Å². The van der Waals surface area contributed by atoms with E-state index in [-0.39, 0.29) is 17.2 Å². The van der Waals surface area contributed by atoms with Gasteiger partial charge in [0.15, 0.2) is 23.1 Å². The van der Waals surface area contributed by atoms with Crippen molar-refractivity contribution < 1.29 is 23.1 Å². The summed E-state index contributed by atoms with van der Waals surface area (Å²) in [6, 6.07) is 1.69. The maximum absolute atomic E-state index is 13.4. The zero-order valence-corrected chi connectivity index (χ0v) is 9.19. The Bertz CT molecular complexity index is 649. The van der Waals surface area contributed by atoms with Gasteiger partial charge in [-0.25, -0.2) is 22.9 Å². The highest BCUT2D eigenvalue weighted by Crippen LogP contribution is 2.22. The number of nitrogens with one attached hydrogen (secondary N) is 1. The molecule has 2 N–H and O–H groups in total. The monoisotopic (exact) mass is 269 g/mol. The van der Waals surface area contributed by atoms with Gasteiger partial charge in [-0.05, 0) is 12.1 Å². The lowest BCUT2D eigenvalue weighted by molar-refractivity contribution is 0.0690. The summed E-state index contributed by atoms with van der Waals surface area (Å²) in [5.74, 6) is -5.81. The van der Waals surface area contributed by atoms with Crippen LogP contribution in [0, 0.1) is 17.5 Å². The van der Waals surface area contributed by atoms with Gasteiger partial charge in [-0.2, -0.15) is 0 Å². The third kappa shape index (κ3) is 2.62. The van der Waals surface area contributed by atoms with Crippen LogP contribution in [0.25, 0.3) is 0 Å². The minimum Gasteiger partial charge on any atom is -0.476 e. The average molecular weight is 269 g/mol. The number of carboxylic acid groups (broad SMARTS) is 1. The number of anilines is 2. The second kappa shape index (κ2) is 4.92. The Kier molecular flexibility index (Phi) is 3.32. The number of hydrogen-bond donors (Lipinski definition) is 2. The molecule has 0 saturated heterocycles. The van der Waals surface area contributed by atoms with Gasteiger partial charge in [-0.1, -0.05) is 0 Å². The number of nitrogens with zero attached hydrogens (tertiary/aromatic N) is 2. The summed E-state index contributed by atoms with van der Waals surface area (Å²) in [5, 5.41) is 11.0. The van der Waals surface area contributed by atoms with E-state index in [0.717, 1.165) is 24.5 Å². The number of rotatable bonds is 3. The Morgan fingerprint density at radius 3 is 2.58 bits per heavy atom. The van der Waals surface area contributed by atoms with E-state index in [9.17, 15) is 18.0 Å². The summed E-state index contributed by atoms with van der Waals surface area (Å²) < 4.78 is 39.1. The van der Waals surface area contributed by atoms with Gasteiger partial charge in [0.2, 0.25) is 0 Å². The Balaban J connectivity index is 2.34. The van der Waals surface area contributed by atoms with Crippen molar-refractivity contribution in [1.82, 2.24) is 9.97 Å². The highest BCUT2D eigenvalue weighted by Gasteiger charge is 2.14. The number of halogens is 3. The van der Waals surface area contributed by atoms with Gasteiger partial charge in [0.05, 0.1) is 18.1 Å². The predicted octanol–water partition coefficient (Wildman–Crippen LogP) is 2.34. The van der Waals surface area contributed by atoms with Gasteiger partial charge in [0.1, 0.15) is 5.82 Å². The third-order valence-electron chi connectivity index (χ3n) is 2.15. The predicted molar refractivity (Wildman–Crippen MR) is 58.6 cm³/mol. The van der Waals surface area contributed by atoms with Crippen molar-refractivity contribution >= 4 is 17.5 Å². The second-order valence-corrected chi connectivity index (χ2v) is 3.44. The zero-order valence-electron chi connectivity index (χ0n) is 9.19. The normalized spacial score (nSPS) is 10.3.